The fourth-order valence-corrected chi connectivity index (χ4v) is 2.08. The van der Waals surface area contributed by atoms with Crippen LogP contribution in [-0.2, 0) is 12.6 Å². The zero-order valence-electron chi connectivity index (χ0n) is 11.3. The van der Waals surface area contributed by atoms with Crippen LogP contribution in [0.4, 0.5) is 13.2 Å². The number of nitrogens with two attached hydrogens (primary N) is 1. The van der Waals surface area contributed by atoms with Crippen molar-refractivity contribution in [2.75, 3.05) is 13.2 Å². The first-order valence-corrected chi connectivity index (χ1v) is 6.43. The number of hydrogen-bond acceptors (Lipinski definition) is 2. The Morgan fingerprint density at radius 1 is 1.21 bits per heavy atom. The van der Waals surface area contributed by atoms with Crippen LogP contribution in [0.25, 0.3) is 0 Å². The Hall–Kier alpha value is -1.23. The van der Waals surface area contributed by atoms with E-state index in [9.17, 15) is 13.2 Å². The molecule has 1 aromatic rings. The molecule has 1 aromatic carbocycles. The van der Waals surface area contributed by atoms with Gasteiger partial charge >= 0.3 is 6.18 Å². The van der Waals surface area contributed by atoms with E-state index in [1.807, 2.05) is 0 Å². The van der Waals surface area contributed by atoms with E-state index in [1.54, 1.807) is 13.0 Å². The second-order valence-electron chi connectivity index (χ2n) is 4.46. The van der Waals surface area contributed by atoms with Crippen LogP contribution >= 0.6 is 0 Å². The highest BCUT2D eigenvalue weighted by Crippen LogP contribution is 2.39. The van der Waals surface area contributed by atoms with Gasteiger partial charge in [-0.25, -0.2) is 0 Å². The first-order chi connectivity index (χ1) is 8.90. The lowest BCUT2D eigenvalue weighted by Crippen LogP contribution is -2.11. The lowest BCUT2D eigenvalue weighted by Gasteiger charge is -2.17. The summed E-state index contributed by atoms with van der Waals surface area (Å²) in [4.78, 5) is 0. The Bertz CT molecular complexity index is 416. The summed E-state index contributed by atoms with van der Waals surface area (Å²) in [6.07, 6.45) is -1.93. The number of halogens is 3. The average Bonchev–Trinajstić information content (AvgIpc) is 2.27. The molecule has 108 valence electrons. The molecule has 0 aliphatic carbocycles. The van der Waals surface area contributed by atoms with Gasteiger partial charge in [-0.3, -0.25) is 0 Å². The van der Waals surface area contributed by atoms with Gasteiger partial charge in [0.15, 0.2) is 0 Å². The third kappa shape index (κ3) is 4.42. The summed E-state index contributed by atoms with van der Waals surface area (Å²) in [7, 11) is 0. The van der Waals surface area contributed by atoms with Gasteiger partial charge in [0.2, 0.25) is 0 Å². The van der Waals surface area contributed by atoms with Crippen molar-refractivity contribution in [1.82, 2.24) is 0 Å². The molecule has 0 aromatic heterocycles. The van der Waals surface area contributed by atoms with Gasteiger partial charge in [-0.15, -0.1) is 0 Å². The van der Waals surface area contributed by atoms with Crippen LogP contribution in [0, 0.1) is 6.92 Å². The van der Waals surface area contributed by atoms with Crippen molar-refractivity contribution in [2.24, 2.45) is 5.73 Å². The summed E-state index contributed by atoms with van der Waals surface area (Å²) in [5, 5.41) is 0. The van der Waals surface area contributed by atoms with Gasteiger partial charge in [0, 0.05) is 0 Å². The molecule has 0 aliphatic rings. The molecule has 0 bridgehead atoms. The van der Waals surface area contributed by atoms with Crippen molar-refractivity contribution >= 4 is 0 Å². The molecule has 0 unspecified atom stereocenters. The van der Waals surface area contributed by atoms with E-state index in [-0.39, 0.29) is 17.9 Å². The highest BCUT2D eigenvalue weighted by atomic mass is 19.4. The lowest BCUT2D eigenvalue weighted by atomic mass is 10.00. The van der Waals surface area contributed by atoms with Gasteiger partial charge in [-0.2, -0.15) is 13.2 Å². The Kier molecular flexibility index (Phi) is 5.66. The molecule has 0 saturated heterocycles. The minimum Gasteiger partial charge on any atom is -0.493 e. The van der Waals surface area contributed by atoms with E-state index in [4.69, 9.17) is 10.5 Å². The average molecular weight is 275 g/mol. The molecule has 0 aliphatic heterocycles. The molecule has 19 heavy (non-hydrogen) atoms. The minimum atomic E-state index is -4.38. The standard InChI is InChI=1S/C14H20F3NO/c1-3-19-12-9-11(6-4-5-7-18)8-10(2)13(12)14(15,16)17/h8-9H,3-7,18H2,1-2H3. The summed E-state index contributed by atoms with van der Waals surface area (Å²) in [6.45, 7) is 3.96. The molecule has 0 fully saturated rings. The topological polar surface area (TPSA) is 35.2 Å². The van der Waals surface area contributed by atoms with Gasteiger partial charge in [0.25, 0.3) is 0 Å². The van der Waals surface area contributed by atoms with E-state index in [2.05, 4.69) is 0 Å². The molecule has 0 amide bonds. The largest absolute Gasteiger partial charge is 0.493 e. The molecule has 0 saturated carbocycles. The second kappa shape index (κ2) is 6.80. The SMILES string of the molecule is CCOc1cc(CCCCN)cc(C)c1C(F)(F)F. The van der Waals surface area contributed by atoms with Crippen LogP contribution in [0.15, 0.2) is 12.1 Å². The number of rotatable bonds is 6. The fraction of sp³-hybridized carbons (Fsp3) is 0.571. The summed E-state index contributed by atoms with van der Waals surface area (Å²) in [5.41, 5.74) is 5.81. The zero-order chi connectivity index (χ0) is 14.5. The van der Waals surface area contributed by atoms with Gasteiger partial charge < -0.3 is 10.5 Å². The zero-order valence-corrected chi connectivity index (χ0v) is 11.3. The Morgan fingerprint density at radius 2 is 1.89 bits per heavy atom. The summed E-state index contributed by atoms with van der Waals surface area (Å²) in [5.74, 6) is -0.0715. The molecule has 0 radical (unpaired) electrons. The van der Waals surface area contributed by atoms with Crippen LogP contribution in [-0.4, -0.2) is 13.2 Å². The predicted octanol–water partition coefficient (Wildman–Crippen LogP) is 3.69. The fourth-order valence-electron chi connectivity index (χ4n) is 2.08. The molecular weight excluding hydrogens is 255 g/mol. The summed E-state index contributed by atoms with van der Waals surface area (Å²) < 4.78 is 44.1. The molecule has 1 rings (SSSR count). The van der Waals surface area contributed by atoms with Crippen LogP contribution < -0.4 is 10.5 Å². The molecule has 0 spiro atoms. The lowest BCUT2D eigenvalue weighted by molar-refractivity contribution is -0.139. The summed E-state index contributed by atoms with van der Waals surface area (Å²) >= 11 is 0. The Morgan fingerprint density at radius 3 is 2.42 bits per heavy atom. The second-order valence-corrected chi connectivity index (χ2v) is 4.46. The number of benzene rings is 1. The number of hydrogen-bond donors (Lipinski definition) is 1. The van der Waals surface area contributed by atoms with E-state index < -0.39 is 11.7 Å². The van der Waals surface area contributed by atoms with E-state index in [0.29, 0.717) is 6.54 Å². The third-order valence-electron chi connectivity index (χ3n) is 2.86. The number of ether oxygens (including phenoxy) is 1. The first kappa shape index (κ1) is 15.8. The summed E-state index contributed by atoms with van der Waals surface area (Å²) in [6, 6.07) is 3.08. The van der Waals surface area contributed by atoms with Crippen LogP contribution in [0.1, 0.15) is 36.5 Å². The minimum absolute atomic E-state index is 0.0715. The number of aryl methyl sites for hydroxylation is 2. The van der Waals surface area contributed by atoms with Crippen molar-refractivity contribution in [3.8, 4) is 5.75 Å². The Labute approximate surface area is 111 Å². The smallest absolute Gasteiger partial charge is 0.420 e. The maximum Gasteiger partial charge on any atom is 0.420 e. The van der Waals surface area contributed by atoms with Crippen LogP contribution in [0.3, 0.4) is 0 Å². The predicted molar refractivity (Wildman–Crippen MR) is 69.3 cm³/mol. The van der Waals surface area contributed by atoms with Crippen molar-refractivity contribution in [2.45, 2.75) is 39.3 Å². The van der Waals surface area contributed by atoms with Crippen LogP contribution in [0.5, 0.6) is 5.75 Å². The van der Waals surface area contributed by atoms with Crippen molar-refractivity contribution in [3.05, 3.63) is 28.8 Å². The maximum absolute atomic E-state index is 13.0. The number of alkyl halides is 3. The molecule has 2 nitrogen and oxygen atoms in total. The van der Waals surface area contributed by atoms with Crippen LogP contribution in [0.2, 0.25) is 0 Å². The third-order valence-corrected chi connectivity index (χ3v) is 2.86. The van der Waals surface area contributed by atoms with E-state index in [0.717, 1.165) is 24.8 Å². The van der Waals surface area contributed by atoms with E-state index >= 15 is 0 Å². The monoisotopic (exact) mass is 275 g/mol. The molecule has 5 heteroatoms. The molecular formula is C14H20F3NO. The quantitative estimate of drug-likeness (QED) is 0.803. The molecule has 0 atom stereocenters. The molecule has 0 heterocycles. The molecule has 2 N–H and O–H groups in total. The van der Waals surface area contributed by atoms with Gasteiger partial charge in [-0.05, 0) is 56.8 Å². The van der Waals surface area contributed by atoms with Crippen molar-refractivity contribution < 1.29 is 17.9 Å². The Balaban J connectivity index is 3.07. The van der Waals surface area contributed by atoms with Crippen molar-refractivity contribution in [1.29, 1.82) is 0 Å². The van der Waals surface area contributed by atoms with Gasteiger partial charge in [0.1, 0.15) is 11.3 Å². The number of unbranched alkanes of at least 4 members (excludes halogenated alkanes) is 1. The van der Waals surface area contributed by atoms with Gasteiger partial charge in [-0.1, -0.05) is 6.07 Å². The van der Waals surface area contributed by atoms with Gasteiger partial charge in [0.05, 0.1) is 6.61 Å². The van der Waals surface area contributed by atoms with E-state index in [1.165, 1.54) is 13.0 Å². The highest BCUT2D eigenvalue weighted by Gasteiger charge is 2.36. The van der Waals surface area contributed by atoms with Crippen molar-refractivity contribution in [3.63, 3.8) is 0 Å². The normalized spacial score (nSPS) is 11.7. The first-order valence-electron chi connectivity index (χ1n) is 6.43. The highest BCUT2D eigenvalue weighted by molar-refractivity contribution is 5.45. The maximum atomic E-state index is 13.0.